The van der Waals surface area contributed by atoms with Crippen molar-refractivity contribution in [2.24, 2.45) is 34.5 Å². The van der Waals surface area contributed by atoms with Crippen LogP contribution in [0.25, 0.3) is 120 Å². The fourth-order valence-corrected chi connectivity index (χ4v) is 20.2. The van der Waals surface area contributed by atoms with Crippen molar-refractivity contribution in [3.8, 4) is 34.6 Å². The molecule has 0 aliphatic rings. The molecule has 138 heavy (non-hydrogen) atoms. The highest BCUT2D eigenvalue weighted by Gasteiger charge is 2.30. The van der Waals surface area contributed by atoms with Crippen LogP contribution in [-0.4, -0.2) is 78.7 Å². The summed E-state index contributed by atoms with van der Waals surface area (Å²) in [6.07, 6.45) is 57.5. The molecule has 0 amide bonds. The number of azide groups is 1. The Morgan fingerprint density at radius 3 is 1.00 bits per heavy atom. The molecule has 0 aliphatic heterocycles. The molecule has 12 rings (SSSR count). The highest BCUT2D eigenvalue weighted by molar-refractivity contribution is 6.13. The minimum Gasteiger partial charge on any atom is -0.481 e. The topological polar surface area (TPSA) is 269 Å². The fraction of sp³-hybridized carbons (Fsp3) is 0.533. The number of carbonyl (C=O) groups is 4. The molecule has 0 fully saturated rings. The maximum Gasteiger partial charge on any atom is 0.310 e. The largest absolute Gasteiger partial charge is 0.481 e. The Balaban J connectivity index is 0.000000275. The van der Waals surface area contributed by atoms with Gasteiger partial charge in [0.1, 0.15) is 6.61 Å². The normalized spacial score (nSPS) is 12.6. The average molecular weight is 1880 g/mol. The van der Waals surface area contributed by atoms with Gasteiger partial charge >= 0.3 is 23.9 Å². The van der Waals surface area contributed by atoms with Gasteiger partial charge in [-0.1, -0.05) is 369 Å². The third-order valence-electron chi connectivity index (χ3n) is 28.8. The number of terminal acetylenes is 1. The number of ether oxygens (including phenoxy) is 2. The number of esters is 2. The molecular weight excluding hydrogens is 1710 g/mol. The van der Waals surface area contributed by atoms with Gasteiger partial charge in [0.15, 0.2) is 6.61 Å². The summed E-state index contributed by atoms with van der Waals surface area (Å²) < 4.78 is 20.5. The molecule has 0 bridgehead atoms. The highest BCUT2D eigenvalue weighted by atomic mass is 16.5. The second kappa shape index (κ2) is 58.8. The lowest BCUT2D eigenvalue weighted by Crippen LogP contribution is -2.28. The van der Waals surface area contributed by atoms with Crippen LogP contribution in [0.4, 0.5) is 0 Å². The summed E-state index contributed by atoms with van der Waals surface area (Å²) in [6.45, 7) is 27.4. The van der Waals surface area contributed by atoms with Gasteiger partial charge in [0.25, 0.3) is 0 Å². The number of nitrogens with two attached hydrogens (primary N) is 1. The second-order valence-corrected chi connectivity index (χ2v) is 39.7. The molecule has 4 aromatic heterocycles. The van der Waals surface area contributed by atoms with Crippen LogP contribution in [0.15, 0.2) is 163 Å². The Hall–Kier alpha value is -11.0. The number of hydrogen-bond acceptors (Lipinski definition) is 10. The van der Waals surface area contributed by atoms with Gasteiger partial charge < -0.3 is 55.2 Å². The molecule has 18 nitrogen and oxygen atoms in total. The molecule has 0 saturated carbocycles. The summed E-state index contributed by atoms with van der Waals surface area (Å²) in [4.78, 5) is 47.8. The molecule has 12 aromatic rings. The van der Waals surface area contributed by atoms with Crippen LogP contribution in [0.1, 0.15) is 347 Å². The molecule has 0 radical (unpaired) electrons. The Kier molecular flexibility index (Phi) is 47.1. The zero-order chi connectivity index (χ0) is 98.0. The number of rotatable bonds is 60. The molecule has 4 unspecified atom stereocenters. The SMILES string of the molecule is C#CCOC(=O)C(C)C(C)C(=O)O.CCCCCCCCC(CCCCCCCC)n1c2cc(C)ccc2c2ccc(-c3ccc4c5ccc(C)cc5n(CCCCCCCCN/C=C(\N)COC(=O)C(C)C(C)C(=O)O)c4c3)cc21.CCCCCCCCC(CCCCCCCC)n1c2cc(C)ccc2c2ccc(-c3ccc4c5ccc(C)cc5n(CCCCCCCCN=[N+]=[N-])c4c3)cc21.N. The highest BCUT2D eigenvalue weighted by Crippen LogP contribution is 2.44. The lowest BCUT2D eigenvalue weighted by Gasteiger charge is -2.22. The van der Waals surface area contributed by atoms with Crippen molar-refractivity contribution >= 4 is 111 Å². The van der Waals surface area contributed by atoms with Gasteiger partial charge in [0, 0.05) is 137 Å². The standard InChI is InChI=1S/C60H84N4O4.C51H69N5.C9H12O4.H3N/c1-7-9-11-13-17-21-25-50(26-22-18-14-12-10-8-2)64-57-38-44(4)28-32-53(57)54-34-30-48(40-58(54)64)47-29-33-52-51-31-27-43(3)37-55(51)63(56(52)39-47)36-24-20-16-15-19-23-35-62-41-49(61)42-68-60(67)46(6)45(5)59(65)66;1-5-7-9-11-15-19-23-43(24-20-16-12-10-8-6-2)56-50-36-40(4)26-30-46(50)47-32-28-42(38-51(47)56)41-27-31-45-44-29-25-39(3)35-48(44)55(49(45)37-41)34-22-18-14-13-17-21-33-53-54-52;1-4-5-13-9(12)7(3)6(2)8(10)11;/h27-34,37-41,45-46,50,62H,7-26,35-36,42,61H2,1-6H3,(H,65,66);25-32,35-38,43H,5-24,33-34H2,1-4H3;1,6-7H,5H2,2-3H3,(H,10,11);1H3/b49-41-;;;. The Labute approximate surface area is 825 Å². The van der Waals surface area contributed by atoms with Gasteiger partial charge in [-0.3, -0.25) is 19.2 Å². The number of aromatic nitrogens is 4. The number of carboxylic acids is 2. The smallest absolute Gasteiger partial charge is 0.310 e. The van der Waals surface area contributed by atoms with Crippen LogP contribution in [0.3, 0.4) is 0 Å². The molecule has 18 heteroatoms. The van der Waals surface area contributed by atoms with Crippen molar-refractivity contribution < 1.29 is 38.9 Å². The van der Waals surface area contributed by atoms with E-state index in [4.69, 9.17) is 32.6 Å². The van der Waals surface area contributed by atoms with Crippen molar-refractivity contribution in [1.82, 2.24) is 29.7 Å². The van der Waals surface area contributed by atoms with E-state index < -0.39 is 47.5 Å². The molecule has 0 aliphatic carbocycles. The number of aryl methyl sites for hydroxylation is 6. The maximum atomic E-state index is 12.2. The first-order valence-electron chi connectivity index (χ1n) is 53.1. The molecule has 0 spiro atoms. The number of benzene rings is 8. The monoisotopic (exact) mass is 1880 g/mol. The molecule has 8 aromatic carbocycles. The van der Waals surface area contributed by atoms with E-state index in [9.17, 15) is 19.2 Å². The van der Waals surface area contributed by atoms with Gasteiger partial charge in [-0.25, -0.2) is 0 Å². The summed E-state index contributed by atoms with van der Waals surface area (Å²) in [5, 5.41) is 35.6. The van der Waals surface area contributed by atoms with Crippen molar-refractivity contribution in [2.75, 3.05) is 26.3 Å². The van der Waals surface area contributed by atoms with Gasteiger partial charge in [0.05, 0.1) is 29.4 Å². The van der Waals surface area contributed by atoms with Crippen LogP contribution < -0.4 is 17.2 Å². The Morgan fingerprint density at radius 1 is 0.391 bits per heavy atom. The second-order valence-electron chi connectivity index (χ2n) is 39.7. The first-order valence-corrected chi connectivity index (χ1v) is 53.1. The number of carboxylic acid groups (broad SMARTS) is 2. The lowest BCUT2D eigenvalue weighted by molar-refractivity contribution is -0.155. The van der Waals surface area contributed by atoms with Crippen LogP contribution in [0.5, 0.6) is 0 Å². The van der Waals surface area contributed by atoms with Crippen molar-refractivity contribution in [1.29, 1.82) is 0 Å². The van der Waals surface area contributed by atoms with Gasteiger partial charge in [0.2, 0.25) is 0 Å². The summed E-state index contributed by atoms with van der Waals surface area (Å²) in [5.74, 6) is -4.03. The first-order chi connectivity index (χ1) is 66.5. The summed E-state index contributed by atoms with van der Waals surface area (Å²) in [6, 6.07) is 58.2. The number of nitrogens with zero attached hydrogens (tertiary/aromatic N) is 7. The van der Waals surface area contributed by atoms with E-state index in [-0.39, 0.29) is 19.4 Å². The third kappa shape index (κ3) is 31.8. The minimum absolute atomic E-state index is 0. The molecule has 4 heterocycles. The van der Waals surface area contributed by atoms with Crippen LogP contribution in [-0.2, 0) is 41.7 Å². The van der Waals surface area contributed by atoms with E-state index >= 15 is 0 Å². The van der Waals surface area contributed by atoms with Crippen molar-refractivity contribution in [3.05, 3.63) is 190 Å². The summed E-state index contributed by atoms with van der Waals surface area (Å²) in [7, 11) is 0. The quantitative estimate of drug-likeness (QED) is 0.00597. The maximum absolute atomic E-state index is 12.2. The van der Waals surface area contributed by atoms with Crippen LogP contribution in [0.2, 0.25) is 0 Å². The molecule has 4 atom stereocenters. The van der Waals surface area contributed by atoms with Gasteiger partial charge in [-0.2, -0.15) is 0 Å². The molecule has 0 saturated heterocycles. The Morgan fingerprint density at radius 2 is 0.667 bits per heavy atom. The van der Waals surface area contributed by atoms with Gasteiger partial charge in [-0.05, 0) is 178 Å². The fourth-order valence-electron chi connectivity index (χ4n) is 20.2. The number of unbranched alkanes of at least 4 members (excludes halogenated alkanes) is 30. The van der Waals surface area contributed by atoms with Crippen LogP contribution in [0, 0.1) is 63.7 Å². The van der Waals surface area contributed by atoms with Crippen molar-refractivity contribution in [2.45, 2.75) is 365 Å². The number of fused-ring (bicyclic) bond motifs is 12. The van der Waals surface area contributed by atoms with E-state index in [1.54, 1.807) is 13.1 Å². The average Bonchev–Trinajstić information content (AvgIpc) is 1.59. The zero-order valence-corrected chi connectivity index (χ0v) is 86.3. The first kappa shape index (κ1) is 111. The lowest BCUT2D eigenvalue weighted by atomic mass is 9.96. The van der Waals surface area contributed by atoms with Gasteiger partial charge in [-0.15, -0.1) is 6.42 Å². The number of carbonyl (C=O) groups excluding carboxylic acids is 2. The van der Waals surface area contributed by atoms with E-state index in [1.807, 2.05) is 0 Å². The predicted octanol–water partition coefficient (Wildman–Crippen LogP) is 33.4. The molecule has 746 valence electrons. The minimum atomic E-state index is -1.02. The van der Waals surface area contributed by atoms with E-state index in [1.165, 1.54) is 371 Å². The summed E-state index contributed by atoms with van der Waals surface area (Å²) in [5.41, 5.74) is 36.4. The Bertz CT molecular complexity index is 5940. The predicted molar refractivity (Wildman–Crippen MR) is 582 cm³/mol. The number of hydrogen-bond donors (Lipinski definition) is 5. The number of aliphatic carboxylic acids is 2. The summed E-state index contributed by atoms with van der Waals surface area (Å²) >= 11 is 0. The molecule has 8 N–H and O–H groups in total. The third-order valence-corrected chi connectivity index (χ3v) is 28.8. The number of nitrogens with one attached hydrogen (secondary N) is 1. The van der Waals surface area contributed by atoms with E-state index in [2.05, 4.69) is 245 Å². The van der Waals surface area contributed by atoms with E-state index in [0.29, 0.717) is 24.3 Å². The van der Waals surface area contributed by atoms with E-state index in [0.717, 1.165) is 58.2 Å². The van der Waals surface area contributed by atoms with Crippen molar-refractivity contribution in [3.63, 3.8) is 0 Å². The van der Waals surface area contributed by atoms with Crippen LogP contribution >= 0.6 is 0 Å². The zero-order valence-electron chi connectivity index (χ0n) is 86.3. The molecular formula is C120H168N10O8.